The van der Waals surface area contributed by atoms with E-state index in [0.717, 1.165) is 0 Å². The van der Waals surface area contributed by atoms with Gasteiger partial charge in [-0.1, -0.05) is 15.9 Å². The van der Waals surface area contributed by atoms with Crippen molar-refractivity contribution >= 4 is 27.6 Å². The van der Waals surface area contributed by atoms with Gasteiger partial charge in [0.2, 0.25) is 0 Å². The standard InChI is InChI=1S/C11H12BrFN2O2/c12-7-1-2-9(13)10(5-7)14-11(17)15-4-3-8(16)6-15/h1-2,5,8,16H,3-4,6H2,(H,14,17)/t8-/m1/s1. The van der Waals surface area contributed by atoms with Gasteiger partial charge >= 0.3 is 6.03 Å². The second-order valence-corrected chi connectivity index (χ2v) is 4.86. The highest BCUT2D eigenvalue weighted by atomic mass is 79.9. The quantitative estimate of drug-likeness (QED) is 0.835. The zero-order chi connectivity index (χ0) is 12.4. The summed E-state index contributed by atoms with van der Waals surface area (Å²) in [5.74, 6) is -0.485. The van der Waals surface area contributed by atoms with Gasteiger partial charge in [-0.3, -0.25) is 0 Å². The molecule has 0 aliphatic carbocycles. The van der Waals surface area contributed by atoms with Gasteiger partial charge in [0, 0.05) is 17.6 Å². The molecule has 17 heavy (non-hydrogen) atoms. The van der Waals surface area contributed by atoms with E-state index in [1.807, 2.05) is 0 Å². The molecule has 1 saturated heterocycles. The van der Waals surface area contributed by atoms with Crippen molar-refractivity contribution in [1.82, 2.24) is 4.90 Å². The summed E-state index contributed by atoms with van der Waals surface area (Å²) in [5.41, 5.74) is 0.130. The van der Waals surface area contributed by atoms with Gasteiger partial charge in [-0.15, -0.1) is 0 Å². The lowest BCUT2D eigenvalue weighted by molar-refractivity contribution is 0.176. The number of benzene rings is 1. The van der Waals surface area contributed by atoms with Crippen molar-refractivity contribution in [3.63, 3.8) is 0 Å². The molecule has 1 aromatic rings. The number of likely N-dealkylation sites (tertiary alicyclic amines) is 1. The summed E-state index contributed by atoms with van der Waals surface area (Å²) < 4.78 is 14.1. The van der Waals surface area contributed by atoms with E-state index in [-0.39, 0.29) is 5.69 Å². The number of urea groups is 1. The fourth-order valence-corrected chi connectivity index (χ4v) is 2.07. The maximum Gasteiger partial charge on any atom is 0.322 e. The molecule has 0 saturated carbocycles. The molecule has 6 heteroatoms. The number of carbonyl (C=O) groups is 1. The van der Waals surface area contributed by atoms with Gasteiger partial charge in [-0.2, -0.15) is 0 Å². The number of aliphatic hydroxyl groups excluding tert-OH is 1. The van der Waals surface area contributed by atoms with E-state index in [2.05, 4.69) is 21.2 Å². The number of anilines is 1. The molecule has 1 fully saturated rings. The van der Waals surface area contributed by atoms with Crippen LogP contribution in [0.15, 0.2) is 22.7 Å². The topological polar surface area (TPSA) is 52.6 Å². The van der Waals surface area contributed by atoms with E-state index in [1.54, 1.807) is 6.07 Å². The van der Waals surface area contributed by atoms with Gasteiger partial charge in [-0.25, -0.2) is 9.18 Å². The SMILES string of the molecule is O=C(Nc1cc(Br)ccc1F)N1CC[C@@H](O)C1. The van der Waals surface area contributed by atoms with Crippen LogP contribution in [0.4, 0.5) is 14.9 Å². The number of halogens is 2. The highest BCUT2D eigenvalue weighted by molar-refractivity contribution is 9.10. The van der Waals surface area contributed by atoms with Crippen LogP contribution in [0.5, 0.6) is 0 Å². The summed E-state index contributed by atoms with van der Waals surface area (Å²) in [6.45, 7) is 0.782. The van der Waals surface area contributed by atoms with E-state index >= 15 is 0 Å². The molecule has 92 valence electrons. The Kier molecular flexibility index (Phi) is 3.63. The van der Waals surface area contributed by atoms with Crippen LogP contribution in [0.2, 0.25) is 0 Å². The highest BCUT2D eigenvalue weighted by Gasteiger charge is 2.24. The number of carbonyl (C=O) groups excluding carboxylic acids is 1. The predicted octanol–water partition coefficient (Wildman–Crippen LogP) is 2.19. The number of nitrogens with one attached hydrogen (secondary N) is 1. The third kappa shape index (κ3) is 2.95. The first kappa shape index (κ1) is 12.3. The largest absolute Gasteiger partial charge is 0.391 e. The maximum atomic E-state index is 13.4. The Hall–Kier alpha value is -1.14. The van der Waals surface area contributed by atoms with Crippen molar-refractivity contribution in [3.8, 4) is 0 Å². The van der Waals surface area contributed by atoms with Crippen LogP contribution in [0.3, 0.4) is 0 Å². The number of rotatable bonds is 1. The van der Waals surface area contributed by atoms with Crippen LogP contribution in [0.1, 0.15) is 6.42 Å². The third-order valence-corrected chi connectivity index (χ3v) is 3.11. The molecule has 1 aliphatic heterocycles. The number of amides is 2. The lowest BCUT2D eigenvalue weighted by atomic mass is 10.3. The summed E-state index contributed by atoms with van der Waals surface area (Å²) in [7, 11) is 0. The minimum atomic E-state index is -0.485. The summed E-state index contributed by atoms with van der Waals surface area (Å²) in [5, 5.41) is 11.8. The van der Waals surface area contributed by atoms with E-state index in [4.69, 9.17) is 0 Å². The monoisotopic (exact) mass is 302 g/mol. The minimum Gasteiger partial charge on any atom is -0.391 e. The van der Waals surface area contributed by atoms with Crippen molar-refractivity contribution < 1.29 is 14.3 Å². The number of hydrogen-bond donors (Lipinski definition) is 2. The molecule has 0 bridgehead atoms. The van der Waals surface area contributed by atoms with E-state index < -0.39 is 18.0 Å². The maximum absolute atomic E-state index is 13.4. The lowest BCUT2D eigenvalue weighted by Gasteiger charge is -2.16. The number of β-amino-alcohol motifs (C(OH)–C–C–N with tert-alkyl or cyclic N) is 1. The summed E-state index contributed by atoms with van der Waals surface area (Å²) in [4.78, 5) is 13.2. The Morgan fingerprint density at radius 2 is 2.35 bits per heavy atom. The van der Waals surface area contributed by atoms with Gasteiger partial charge in [0.15, 0.2) is 0 Å². The number of nitrogens with zero attached hydrogens (tertiary/aromatic N) is 1. The summed E-state index contributed by atoms with van der Waals surface area (Å²) in [6, 6.07) is 3.95. The zero-order valence-corrected chi connectivity index (χ0v) is 10.6. The second kappa shape index (κ2) is 5.01. The van der Waals surface area contributed by atoms with Crippen molar-refractivity contribution in [2.24, 2.45) is 0 Å². The molecule has 2 rings (SSSR count). The first-order valence-corrected chi connectivity index (χ1v) is 6.04. The highest BCUT2D eigenvalue weighted by Crippen LogP contribution is 2.21. The van der Waals surface area contributed by atoms with Crippen LogP contribution in [0.25, 0.3) is 0 Å². The number of hydrogen-bond acceptors (Lipinski definition) is 2. The molecule has 1 aliphatic rings. The van der Waals surface area contributed by atoms with Crippen molar-refractivity contribution in [1.29, 1.82) is 0 Å². The Morgan fingerprint density at radius 3 is 3.00 bits per heavy atom. The zero-order valence-electron chi connectivity index (χ0n) is 8.99. The molecule has 1 heterocycles. The average molecular weight is 303 g/mol. The van der Waals surface area contributed by atoms with Crippen LogP contribution < -0.4 is 5.32 Å². The minimum absolute atomic E-state index is 0.130. The first-order valence-electron chi connectivity index (χ1n) is 5.25. The lowest BCUT2D eigenvalue weighted by Crippen LogP contribution is -2.33. The van der Waals surface area contributed by atoms with Gasteiger partial charge in [0.1, 0.15) is 5.82 Å². The Balaban J connectivity index is 2.05. The van der Waals surface area contributed by atoms with Crippen LogP contribution >= 0.6 is 15.9 Å². The molecule has 0 aromatic heterocycles. The molecule has 0 spiro atoms. The summed E-state index contributed by atoms with van der Waals surface area (Å²) in [6.07, 6.45) is 0.0853. The van der Waals surface area contributed by atoms with Crippen molar-refractivity contribution in [2.45, 2.75) is 12.5 Å². The fraction of sp³-hybridized carbons (Fsp3) is 0.364. The summed E-state index contributed by atoms with van der Waals surface area (Å²) >= 11 is 3.21. The number of aliphatic hydroxyl groups is 1. The molecule has 1 aromatic carbocycles. The normalized spacial score (nSPS) is 19.5. The Morgan fingerprint density at radius 1 is 1.59 bits per heavy atom. The van der Waals surface area contributed by atoms with Crippen LogP contribution in [0, 0.1) is 5.82 Å². The molecular weight excluding hydrogens is 291 g/mol. The molecular formula is C11H12BrFN2O2. The fourth-order valence-electron chi connectivity index (χ4n) is 1.71. The average Bonchev–Trinajstić information content (AvgIpc) is 2.70. The molecule has 1 atom stereocenters. The van der Waals surface area contributed by atoms with E-state index in [1.165, 1.54) is 17.0 Å². The van der Waals surface area contributed by atoms with Gasteiger partial charge in [-0.05, 0) is 24.6 Å². The van der Waals surface area contributed by atoms with Crippen LogP contribution in [-0.2, 0) is 0 Å². The van der Waals surface area contributed by atoms with E-state index in [0.29, 0.717) is 24.0 Å². The van der Waals surface area contributed by atoms with Crippen LogP contribution in [-0.4, -0.2) is 35.2 Å². The smallest absolute Gasteiger partial charge is 0.322 e. The van der Waals surface area contributed by atoms with E-state index in [9.17, 15) is 14.3 Å². The Bertz CT molecular complexity index is 441. The molecule has 0 unspecified atom stereocenters. The van der Waals surface area contributed by atoms with Gasteiger partial charge in [0.05, 0.1) is 11.8 Å². The molecule has 2 N–H and O–H groups in total. The molecule has 0 radical (unpaired) electrons. The molecule has 4 nitrogen and oxygen atoms in total. The first-order chi connectivity index (χ1) is 8.06. The second-order valence-electron chi connectivity index (χ2n) is 3.94. The van der Waals surface area contributed by atoms with Crippen molar-refractivity contribution in [2.75, 3.05) is 18.4 Å². The predicted molar refractivity (Wildman–Crippen MR) is 65.3 cm³/mol. The molecule has 2 amide bonds. The van der Waals surface area contributed by atoms with Gasteiger partial charge in [0.25, 0.3) is 0 Å². The third-order valence-electron chi connectivity index (χ3n) is 2.62. The Labute approximate surface area is 107 Å². The van der Waals surface area contributed by atoms with Crippen molar-refractivity contribution in [3.05, 3.63) is 28.5 Å². The van der Waals surface area contributed by atoms with Gasteiger partial charge < -0.3 is 15.3 Å².